The van der Waals surface area contributed by atoms with Gasteiger partial charge in [-0.2, -0.15) is 0 Å². The Morgan fingerprint density at radius 1 is 1.00 bits per heavy atom. The molecule has 5 rings (SSSR count). The van der Waals surface area contributed by atoms with E-state index in [4.69, 9.17) is 4.74 Å². The Labute approximate surface area is 191 Å². The summed E-state index contributed by atoms with van der Waals surface area (Å²) in [5, 5.41) is 3.91. The first kappa shape index (κ1) is 21.0. The van der Waals surface area contributed by atoms with Crippen molar-refractivity contribution in [2.24, 2.45) is 0 Å². The molecule has 0 aliphatic carbocycles. The Balaban J connectivity index is 1.30. The van der Waals surface area contributed by atoms with E-state index in [0.29, 0.717) is 0 Å². The van der Waals surface area contributed by atoms with Crippen molar-refractivity contribution in [1.82, 2.24) is 9.47 Å². The lowest BCUT2D eigenvalue weighted by atomic mass is 9.82. The van der Waals surface area contributed by atoms with E-state index in [1.54, 1.807) is 7.11 Å². The van der Waals surface area contributed by atoms with Crippen LogP contribution < -0.4 is 15.0 Å². The fourth-order valence-electron chi connectivity index (χ4n) is 5.39. The lowest BCUT2D eigenvalue weighted by molar-refractivity contribution is 0.162. The number of rotatable bonds is 6. The number of hydrogen-bond acceptors (Lipinski definition) is 4. The van der Waals surface area contributed by atoms with Crippen LogP contribution in [0.2, 0.25) is 0 Å². The minimum absolute atomic E-state index is 0.0218. The molecule has 1 fully saturated rings. The van der Waals surface area contributed by atoms with Crippen molar-refractivity contribution in [3.63, 3.8) is 0 Å². The molecule has 0 radical (unpaired) electrons. The molecular formula is C27H34N4O. The molecular weight excluding hydrogens is 396 g/mol. The largest absolute Gasteiger partial charge is 0.497 e. The molecule has 0 atom stereocenters. The zero-order valence-electron chi connectivity index (χ0n) is 19.5. The molecule has 1 aromatic heterocycles. The van der Waals surface area contributed by atoms with Crippen LogP contribution in [0.25, 0.3) is 5.69 Å². The van der Waals surface area contributed by atoms with Crippen molar-refractivity contribution in [3.05, 3.63) is 72.1 Å². The summed E-state index contributed by atoms with van der Waals surface area (Å²) in [5.74, 6) is 0.896. The third-order valence-electron chi connectivity index (χ3n) is 7.26. The summed E-state index contributed by atoms with van der Waals surface area (Å²) in [6.45, 7) is 9.70. The molecule has 168 valence electrons. The number of nitrogens with zero attached hydrogens (tertiary/aromatic N) is 3. The Kier molecular flexibility index (Phi) is 5.60. The third-order valence-corrected chi connectivity index (χ3v) is 7.26. The maximum Gasteiger partial charge on any atom is 0.121 e. The van der Waals surface area contributed by atoms with Gasteiger partial charge in [0.15, 0.2) is 0 Å². The highest BCUT2D eigenvalue weighted by Crippen LogP contribution is 2.44. The standard InChI is InChI=1S/C27H34N4O/c1-4-30(5-2)22-10-8-21(9-11-22)20-29-17-14-27(15-18-29)26-7-6-16-31(26)25-13-12-23(32-3)19-24(25)28-27/h6-13,16,19,28H,4-5,14-15,17-18,20H2,1-3H3. The highest BCUT2D eigenvalue weighted by Gasteiger charge is 2.41. The van der Waals surface area contributed by atoms with Crippen LogP contribution >= 0.6 is 0 Å². The molecule has 3 heterocycles. The number of nitrogens with one attached hydrogen (secondary N) is 1. The second-order valence-electron chi connectivity index (χ2n) is 8.97. The van der Waals surface area contributed by atoms with Gasteiger partial charge in [-0.3, -0.25) is 4.90 Å². The molecule has 1 N–H and O–H groups in total. The maximum atomic E-state index is 5.49. The first-order valence-electron chi connectivity index (χ1n) is 11.9. The summed E-state index contributed by atoms with van der Waals surface area (Å²) in [5.41, 5.74) is 6.43. The first-order chi connectivity index (χ1) is 15.7. The Hall–Kier alpha value is -2.92. The van der Waals surface area contributed by atoms with E-state index in [-0.39, 0.29) is 5.54 Å². The SMILES string of the molecule is CCN(CC)c1ccc(CN2CCC3(CC2)Nc2cc(OC)ccc2-n2cccc23)cc1. The second-order valence-corrected chi connectivity index (χ2v) is 8.97. The lowest BCUT2D eigenvalue weighted by Crippen LogP contribution is -2.49. The summed E-state index contributed by atoms with van der Waals surface area (Å²) in [4.78, 5) is 4.98. The number of likely N-dealkylation sites (tertiary alicyclic amines) is 1. The number of aromatic nitrogens is 1. The number of methoxy groups -OCH3 is 1. The van der Waals surface area contributed by atoms with Crippen LogP contribution in [0.3, 0.4) is 0 Å². The van der Waals surface area contributed by atoms with Crippen molar-refractivity contribution < 1.29 is 4.74 Å². The molecule has 2 aliphatic heterocycles. The predicted octanol–water partition coefficient (Wildman–Crippen LogP) is 5.25. The van der Waals surface area contributed by atoms with Gasteiger partial charge in [-0.25, -0.2) is 0 Å². The van der Waals surface area contributed by atoms with Crippen molar-refractivity contribution in [2.75, 3.05) is 43.5 Å². The molecule has 0 bridgehead atoms. The van der Waals surface area contributed by atoms with Gasteiger partial charge in [-0.15, -0.1) is 0 Å². The molecule has 2 aromatic carbocycles. The molecule has 2 aliphatic rings. The summed E-state index contributed by atoms with van der Waals surface area (Å²) in [7, 11) is 1.73. The van der Waals surface area contributed by atoms with E-state index in [9.17, 15) is 0 Å². The number of anilines is 2. The highest BCUT2D eigenvalue weighted by atomic mass is 16.5. The van der Waals surface area contributed by atoms with E-state index in [1.165, 1.54) is 22.6 Å². The van der Waals surface area contributed by atoms with Gasteiger partial charge in [0.2, 0.25) is 0 Å². The quantitative estimate of drug-likeness (QED) is 0.579. The summed E-state index contributed by atoms with van der Waals surface area (Å²) >= 11 is 0. The zero-order chi connectivity index (χ0) is 22.1. The summed E-state index contributed by atoms with van der Waals surface area (Å²) in [6.07, 6.45) is 4.36. The molecule has 0 saturated carbocycles. The fraction of sp³-hybridized carbons (Fsp3) is 0.407. The van der Waals surface area contributed by atoms with Crippen LogP contribution in [-0.2, 0) is 12.1 Å². The molecule has 1 spiro atoms. The maximum absolute atomic E-state index is 5.49. The highest BCUT2D eigenvalue weighted by molar-refractivity contribution is 5.69. The average Bonchev–Trinajstić information content (AvgIpc) is 3.33. The fourth-order valence-corrected chi connectivity index (χ4v) is 5.39. The molecule has 5 nitrogen and oxygen atoms in total. The molecule has 0 unspecified atom stereocenters. The Morgan fingerprint density at radius 2 is 1.75 bits per heavy atom. The molecule has 3 aromatic rings. The third kappa shape index (κ3) is 3.65. The van der Waals surface area contributed by atoms with Gasteiger partial charge >= 0.3 is 0 Å². The minimum atomic E-state index is -0.0218. The van der Waals surface area contributed by atoms with E-state index < -0.39 is 0 Å². The number of piperidine rings is 1. The normalized spacial score (nSPS) is 16.8. The Bertz CT molecular complexity index is 1060. The smallest absolute Gasteiger partial charge is 0.121 e. The number of fused-ring (bicyclic) bond motifs is 4. The van der Waals surface area contributed by atoms with Crippen LogP contribution in [0, 0.1) is 0 Å². The van der Waals surface area contributed by atoms with Gasteiger partial charge in [-0.1, -0.05) is 12.1 Å². The lowest BCUT2D eigenvalue weighted by Gasteiger charge is -2.46. The zero-order valence-corrected chi connectivity index (χ0v) is 19.5. The van der Waals surface area contributed by atoms with Crippen molar-refractivity contribution in [3.8, 4) is 11.4 Å². The number of benzene rings is 2. The van der Waals surface area contributed by atoms with Crippen LogP contribution in [0.1, 0.15) is 37.9 Å². The molecule has 5 heteroatoms. The van der Waals surface area contributed by atoms with Crippen LogP contribution in [0.15, 0.2) is 60.8 Å². The average molecular weight is 431 g/mol. The Morgan fingerprint density at radius 3 is 2.44 bits per heavy atom. The topological polar surface area (TPSA) is 32.7 Å². The van der Waals surface area contributed by atoms with Gasteiger partial charge in [0.1, 0.15) is 5.75 Å². The van der Waals surface area contributed by atoms with Crippen LogP contribution in [0.4, 0.5) is 11.4 Å². The number of ether oxygens (including phenoxy) is 1. The van der Waals surface area contributed by atoms with Crippen molar-refractivity contribution >= 4 is 11.4 Å². The summed E-state index contributed by atoms with van der Waals surface area (Å²) < 4.78 is 7.84. The van der Waals surface area contributed by atoms with Crippen LogP contribution in [-0.4, -0.2) is 42.8 Å². The number of hydrogen-bond donors (Lipinski definition) is 1. The van der Waals surface area contributed by atoms with E-state index in [2.05, 4.69) is 88.3 Å². The van der Waals surface area contributed by atoms with Crippen molar-refractivity contribution in [2.45, 2.75) is 38.8 Å². The monoisotopic (exact) mass is 430 g/mol. The van der Waals surface area contributed by atoms with Gasteiger partial charge in [0, 0.05) is 56.4 Å². The second kappa shape index (κ2) is 8.55. The molecule has 32 heavy (non-hydrogen) atoms. The van der Waals surface area contributed by atoms with Crippen molar-refractivity contribution in [1.29, 1.82) is 0 Å². The van der Waals surface area contributed by atoms with E-state index in [1.807, 2.05) is 6.07 Å². The van der Waals surface area contributed by atoms with Gasteiger partial charge in [0.05, 0.1) is 24.0 Å². The molecule has 1 saturated heterocycles. The van der Waals surface area contributed by atoms with E-state index in [0.717, 1.165) is 57.0 Å². The van der Waals surface area contributed by atoms with Gasteiger partial charge < -0.3 is 19.5 Å². The molecule has 0 amide bonds. The van der Waals surface area contributed by atoms with Gasteiger partial charge in [-0.05, 0) is 68.7 Å². The van der Waals surface area contributed by atoms with Gasteiger partial charge in [0.25, 0.3) is 0 Å². The minimum Gasteiger partial charge on any atom is -0.497 e. The predicted molar refractivity (Wildman–Crippen MR) is 132 cm³/mol. The first-order valence-corrected chi connectivity index (χ1v) is 11.9. The van der Waals surface area contributed by atoms with E-state index >= 15 is 0 Å². The van der Waals surface area contributed by atoms with Crippen LogP contribution in [0.5, 0.6) is 5.75 Å². The summed E-state index contributed by atoms with van der Waals surface area (Å²) in [6, 6.07) is 19.9.